The van der Waals surface area contributed by atoms with Crippen LogP contribution in [0.3, 0.4) is 0 Å². The lowest BCUT2D eigenvalue weighted by atomic mass is 10.0. The van der Waals surface area contributed by atoms with E-state index < -0.39 is 68.7 Å². The quantitative estimate of drug-likeness (QED) is 0.137. The van der Waals surface area contributed by atoms with Crippen LogP contribution in [0.4, 0.5) is 4.79 Å². The maximum Gasteiger partial charge on any atom is 0.405 e. The van der Waals surface area contributed by atoms with E-state index in [0.717, 1.165) is 19.3 Å². The number of nitrogens with one attached hydrogen (secondary N) is 3. The molecule has 4 amide bonds. The first-order valence-electron chi connectivity index (χ1n) is 16.4. The zero-order valence-corrected chi connectivity index (χ0v) is 29.2. The van der Waals surface area contributed by atoms with Crippen LogP contribution in [0, 0.1) is 5.92 Å². The van der Waals surface area contributed by atoms with E-state index in [-0.39, 0.29) is 36.8 Å². The number of carboxylic acid groups (broad SMARTS) is 1. The van der Waals surface area contributed by atoms with Gasteiger partial charge in [0.05, 0.1) is 29.9 Å². The molecule has 5 atom stereocenters. The lowest BCUT2D eigenvalue weighted by Gasteiger charge is -2.29. The van der Waals surface area contributed by atoms with Crippen molar-refractivity contribution in [2.45, 2.75) is 86.8 Å². The third-order valence-electron chi connectivity index (χ3n) is 9.17. The maximum absolute atomic E-state index is 14.0. The number of ether oxygens (including phenoxy) is 2. The number of carbonyl (C=O) groups is 4. The largest absolute Gasteiger partial charge is 0.497 e. The Balaban J connectivity index is 1.40. The van der Waals surface area contributed by atoms with E-state index in [1.165, 1.54) is 18.1 Å². The Bertz CT molecular complexity index is 1790. The molecule has 3 fully saturated rings. The second kappa shape index (κ2) is 15.2. The van der Waals surface area contributed by atoms with Crippen LogP contribution in [0.25, 0.3) is 11.0 Å². The van der Waals surface area contributed by atoms with Gasteiger partial charge in [0.2, 0.25) is 21.8 Å². The van der Waals surface area contributed by atoms with Crippen molar-refractivity contribution in [1.29, 1.82) is 0 Å². The van der Waals surface area contributed by atoms with Crippen molar-refractivity contribution in [1.82, 2.24) is 30.2 Å². The summed E-state index contributed by atoms with van der Waals surface area (Å²) >= 11 is 6.42. The molecule has 4 N–H and O–H groups in total. The molecule has 0 unspecified atom stereocenters. The molecule has 270 valence electrons. The number of aromatic nitrogens is 2. The van der Waals surface area contributed by atoms with E-state index in [0.29, 0.717) is 36.0 Å². The first-order chi connectivity index (χ1) is 23.8. The number of fused-ring (bicyclic) bond motifs is 1. The van der Waals surface area contributed by atoms with Crippen LogP contribution in [0.1, 0.15) is 57.8 Å². The number of likely N-dealkylation sites (tertiary alicyclic amines) is 1. The number of rotatable bonds is 17. The summed E-state index contributed by atoms with van der Waals surface area (Å²) in [6.45, 7) is 7.27. The predicted molar refractivity (Wildman–Crippen MR) is 183 cm³/mol. The first kappa shape index (κ1) is 36.8. The normalized spacial score (nSPS) is 23.4. The van der Waals surface area contributed by atoms with E-state index in [2.05, 4.69) is 38.5 Å². The molecular formula is C33H41ClN6O9S. The standard InChI is InChI=1S/C33H41ClN6O9S/c1-4-6-7-8-9-10-24(37-32(44)45)30(42)40-18-21(49-29-27(34)35-23-14-11-20(48-3)15-25(23)36-29)16-26(40)28(41)38-33(17-19(33)5-2)31(43)39-50(46,47)22-12-13-22/h4-5,11,14-15,19,21-22,24,26,37H,1-2,6-10,12-13,16-18H2,3H3,(H,38,41)(H,39,43)(H,44,45)/t19-,21-,24+,26+,33-/m1/s1. The van der Waals surface area contributed by atoms with Gasteiger partial charge in [0.1, 0.15) is 29.5 Å². The van der Waals surface area contributed by atoms with Crippen LogP contribution in [-0.4, -0.2) is 94.8 Å². The summed E-state index contributed by atoms with van der Waals surface area (Å²) in [5.74, 6) is -2.37. The van der Waals surface area contributed by atoms with Crippen molar-refractivity contribution in [2.24, 2.45) is 5.92 Å². The van der Waals surface area contributed by atoms with Gasteiger partial charge in [0.25, 0.3) is 11.8 Å². The second-order valence-electron chi connectivity index (χ2n) is 12.8. The summed E-state index contributed by atoms with van der Waals surface area (Å²) in [6.07, 6.45) is 4.89. The smallest absolute Gasteiger partial charge is 0.405 e. The zero-order chi connectivity index (χ0) is 36.2. The second-order valence-corrected chi connectivity index (χ2v) is 15.1. The predicted octanol–water partition coefficient (Wildman–Crippen LogP) is 3.08. The highest BCUT2D eigenvalue weighted by atomic mass is 35.5. The molecule has 1 aromatic carbocycles. The van der Waals surface area contributed by atoms with Gasteiger partial charge in [-0.15, -0.1) is 13.2 Å². The summed E-state index contributed by atoms with van der Waals surface area (Å²) in [5.41, 5.74) is -0.693. The van der Waals surface area contributed by atoms with Crippen molar-refractivity contribution in [2.75, 3.05) is 13.7 Å². The van der Waals surface area contributed by atoms with Crippen molar-refractivity contribution in [3.63, 3.8) is 0 Å². The van der Waals surface area contributed by atoms with Crippen LogP contribution < -0.4 is 24.8 Å². The maximum atomic E-state index is 14.0. The number of hydrogen-bond donors (Lipinski definition) is 4. The molecule has 0 spiro atoms. The Hall–Kier alpha value is -4.44. The molecule has 2 saturated carbocycles. The number of hydrogen-bond acceptors (Lipinski definition) is 10. The Morgan fingerprint density at radius 1 is 1.16 bits per heavy atom. The average molecular weight is 733 g/mol. The number of unbranched alkanes of at least 4 members (excludes halogenated alkanes) is 3. The monoisotopic (exact) mass is 732 g/mol. The van der Waals surface area contributed by atoms with E-state index in [9.17, 15) is 32.7 Å². The fraction of sp³-hybridized carbons (Fsp3) is 0.515. The van der Waals surface area contributed by atoms with Gasteiger partial charge in [0.15, 0.2) is 5.15 Å². The van der Waals surface area contributed by atoms with Gasteiger partial charge in [-0.2, -0.15) is 0 Å². The Labute approximate surface area is 294 Å². The molecule has 2 aromatic rings. The number of sulfonamides is 1. The molecule has 17 heteroatoms. The zero-order valence-electron chi connectivity index (χ0n) is 27.6. The number of nitrogens with zero attached hydrogens (tertiary/aromatic N) is 3. The van der Waals surface area contributed by atoms with Gasteiger partial charge < -0.3 is 30.1 Å². The van der Waals surface area contributed by atoms with Gasteiger partial charge in [-0.1, -0.05) is 36.6 Å². The molecule has 1 aromatic heterocycles. The van der Waals surface area contributed by atoms with Crippen LogP contribution in [0.15, 0.2) is 43.5 Å². The Morgan fingerprint density at radius 2 is 1.92 bits per heavy atom. The van der Waals surface area contributed by atoms with Crippen molar-refractivity contribution >= 4 is 56.5 Å². The molecule has 50 heavy (non-hydrogen) atoms. The van der Waals surface area contributed by atoms with Crippen molar-refractivity contribution in [3.8, 4) is 11.6 Å². The Kier molecular flexibility index (Phi) is 11.2. The summed E-state index contributed by atoms with van der Waals surface area (Å²) in [5, 5.41) is 13.8. The Morgan fingerprint density at radius 3 is 2.56 bits per heavy atom. The van der Waals surface area contributed by atoms with Crippen LogP contribution in [0.5, 0.6) is 11.6 Å². The topological polar surface area (TPSA) is 206 Å². The van der Waals surface area contributed by atoms with Gasteiger partial charge in [-0.25, -0.2) is 23.2 Å². The molecule has 3 aliphatic rings. The summed E-state index contributed by atoms with van der Waals surface area (Å²) in [4.78, 5) is 63.2. The average Bonchev–Trinajstić information content (AvgIpc) is 4.00. The molecule has 0 bridgehead atoms. The minimum absolute atomic E-state index is 0.0525. The molecule has 2 heterocycles. The van der Waals surface area contributed by atoms with E-state index >= 15 is 0 Å². The summed E-state index contributed by atoms with van der Waals surface area (Å²) in [7, 11) is -2.41. The van der Waals surface area contributed by atoms with Crippen molar-refractivity contribution in [3.05, 3.63) is 48.7 Å². The third kappa shape index (κ3) is 8.29. The van der Waals surface area contributed by atoms with Gasteiger partial charge in [-0.05, 0) is 50.7 Å². The highest BCUT2D eigenvalue weighted by Gasteiger charge is 2.62. The molecule has 5 rings (SSSR count). The highest BCUT2D eigenvalue weighted by Crippen LogP contribution is 2.45. The van der Waals surface area contributed by atoms with Crippen LogP contribution in [0.2, 0.25) is 5.15 Å². The number of methoxy groups -OCH3 is 1. The van der Waals surface area contributed by atoms with E-state index in [1.54, 1.807) is 24.3 Å². The minimum Gasteiger partial charge on any atom is -0.497 e. The summed E-state index contributed by atoms with van der Waals surface area (Å²) < 4.78 is 38.7. The number of carbonyl (C=O) groups excluding carboxylic acids is 3. The minimum atomic E-state index is -3.92. The fourth-order valence-corrected chi connectivity index (χ4v) is 7.71. The molecule has 0 radical (unpaired) electrons. The summed E-state index contributed by atoms with van der Waals surface area (Å²) in [6, 6.07) is 2.61. The fourth-order valence-electron chi connectivity index (χ4n) is 6.17. The van der Waals surface area contributed by atoms with Crippen LogP contribution in [-0.2, 0) is 24.4 Å². The van der Waals surface area contributed by atoms with Gasteiger partial charge in [-0.3, -0.25) is 19.1 Å². The molecular weight excluding hydrogens is 692 g/mol. The first-order valence-corrected chi connectivity index (χ1v) is 18.3. The van der Waals surface area contributed by atoms with Crippen molar-refractivity contribution < 1.29 is 42.2 Å². The van der Waals surface area contributed by atoms with Gasteiger partial charge in [0, 0.05) is 18.4 Å². The van der Waals surface area contributed by atoms with Gasteiger partial charge >= 0.3 is 6.09 Å². The molecule has 2 aliphatic carbocycles. The molecule has 1 aliphatic heterocycles. The molecule has 15 nitrogen and oxygen atoms in total. The third-order valence-corrected chi connectivity index (χ3v) is 11.2. The molecule has 1 saturated heterocycles. The number of halogens is 1. The number of amides is 4. The number of benzene rings is 1. The number of allylic oxidation sites excluding steroid dienone is 1. The van der Waals surface area contributed by atoms with E-state index in [1.807, 2.05) is 0 Å². The lowest BCUT2D eigenvalue weighted by Crippen LogP contribution is -2.58. The van der Waals surface area contributed by atoms with E-state index in [4.69, 9.17) is 21.1 Å². The SMILES string of the molecule is C=CCCCCC[C@H](NC(=O)O)C(=O)N1C[C@H](Oc2nc3cc(OC)ccc3nc2Cl)C[C@H]1C(=O)N[C@]1(C(=O)NS(=O)(=O)C2CC2)C[C@H]1C=C. The highest BCUT2D eigenvalue weighted by molar-refractivity contribution is 7.91. The van der Waals surface area contributed by atoms with Crippen LogP contribution >= 0.6 is 11.6 Å². The lowest BCUT2D eigenvalue weighted by molar-refractivity contribution is -0.141.